The van der Waals surface area contributed by atoms with E-state index in [-0.39, 0.29) is 22.5 Å². The molecule has 0 aromatic heterocycles. The SMILES string of the molecule is Nc1ccc(-c2ccc(N)cc2S(=O)(=O)O)c(S(=O)(=O)O)c1.Nc1ccc(N=Nc2ccc(N)cc2)cc1.Nc1ccc2c(c1)S(=O)(=O)c1cc(N)ccc1C2. The van der Waals surface area contributed by atoms with Crippen LogP contribution in [0.25, 0.3) is 11.1 Å². The molecular formula is C37H36N8O8S3. The summed E-state index contributed by atoms with van der Waals surface area (Å²) in [4.78, 5) is -0.578. The molecule has 56 heavy (non-hydrogen) atoms. The van der Waals surface area contributed by atoms with Gasteiger partial charge in [0.05, 0.1) is 21.2 Å². The maximum absolute atomic E-state index is 12.5. The van der Waals surface area contributed by atoms with Gasteiger partial charge >= 0.3 is 0 Å². The highest BCUT2D eigenvalue weighted by atomic mass is 32.2. The number of fused-ring (bicyclic) bond motifs is 2. The average molecular weight is 817 g/mol. The van der Waals surface area contributed by atoms with Crippen LogP contribution in [0.15, 0.2) is 151 Å². The maximum Gasteiger partial charge on any atom is 0.295 e. The summed E-state index contributed by atoms with van der Waals surface area (Å²) < 4.78 is 89.4. The van der Waals surface area contributed by atoms with E-state index in [1.54, 1.807) is 48.5 Å². The van der Waals surface area contributed by atoms with Crippen molar-refractivity contribution in [3.8, 4) is 11.1 Å². The number of anilines is 6. The van der Waals surface area contributed by atoms with Crippen molar-refractivity contribution in [2.45, 2.75) is 26.0 Å². The van der Waals surface area contributed by atoms with Crippen LogP contribution >= 0.6 is 0 Å². The second kappa shape index (κ2) is 16.1. The first-order valence-corrected chi connectivity index (χ1v) is 20.5. The molecule has 1 aliphatic rings. The fourth-order valence-corrected chi connectivity index (χ4v) is 8.68. The number of nitrogens with two attached hydrogens (primary N) is 6. The summed E-state index contributed by atoms with van der Waals surface area (Å²) >= 11 is 0. The van der Waals surface area contributed by atoms with E-state index in [1.165, 1.54) is 36.4 Å². The number of nitrogen functional groups attached to an aromatic ring is 6. The number of benzene rings is 6. The predicted molar refractivity (Wildman–Crippen MR) is 216 cm³/mol. The van der Waals surface area contributed by atoms with Crippen LogP contribution in [0.3, 0.4) is 0 Å². The summed E-state index contributed by atoms with van der Waals surface area (Å²) in [6.07, 6.45) is 0.588. The van der Waals surface area contributed by atoms with Crippen molar-refractivity contribution in [3.05, 3.63) is 132 Å². The molecule has 6 aromatic carbocycles. The lowest BCUT2D eigenvalue weighted by Gasteiger charge is -2.20. The second-order valence-corrected chi connectivity index (χ2v) is 16.9. The molecule has 7 rings (SSSR count). The fraction of sp³-hybridized carbons (Fsp3) is 0.0270. The molecule has 0 atom stereocenters. The first-order valence-electron chi connectivity index (χ1n) is 16.1. The predicted octanol–water partition coefficient (Wildman–Crippen LogP) is 5.87. The minimum atomic E-state index is -4.66. The Morgan fingerprint density at radius 3 is 1.09 bits per heavy atom. The van der Waals surface area contributed by atoms with Gasteiger partial charge in [-0.05, 0) is 108 Å². The maximum atomic E-state index is 12.5. The Labute approximate surface area is 322 Å². The summed E-state index contributed by atoms with van der Waals surface area (Å²) in [5, 5.41) is 8.15. The third kappa shape index (κ3) is 9.77. The summed E-state index contributed by atoms with van der Waals surface area (Å²) in [7, 11) is -12.8. The van der Waals surface area contributed by atoms with Gasteiger partial charge in [0.2, 0.25) is 9.84 Å². The number of rotatable bonds is 5. The topological polar surface area (TPSA) is 324 Å². The molecule has 19 heteroatoms. The molecule has 0 spiro atoms. The molecule has 0 amide bonds. The summed E-state index contributed by atoms with van der Waals surface area (Å²) in [5.41, 5.74) is 38.7. The second-order valence-electron chi connectivity index (χ2n) is 12.3. The van der Waals surface area contributed by atoms with Crippen LogP contribution in [0.1, 0.15) is 11.1 Å². The van der Waals surface area contributed by atoms with Gasteiger partial charge in [0.25, 0.3) is 20.2 Å². The smallest absolute Gasteiger partial charge is 0.295 e. The van der Waals surface area contributed by atoms with E-state index < -0.39 is 39.9 Å². The quantitative estimate of drug-likeness (QED) is 0.0573. The molecule has 14 N–H and O–H groups in total. The standard InChI is InChI=1S/C13H12N2O2S.C12H12N4.C12H12N2O6S2/c14-10-3-1-8-5-9-2-4-11(15)7-13(9)18(16,17)12(8)6-10;13-9-1-5-11(6-2-9)15-16-12-7-3-10(14)4-8-12;13-7-1-3-9(11(5-7)21(15,16)17)10-4-2-8(14)6-12(10)22(18,19)20/h1-4,6-7H,5,14-15H2;1-8H,13-14H2;1-6H,13-14H2,(H,15,16,17)(H,18,19,20). The third-order valence-corrected chi connectivity index (χ3v) is 11.8. The molecule has 0 saturated carbocycles. The Bertz CT molecular complexity index is 2610. The molecule has 6 aromatic rings. The van der Waals surface area contributed by atoms with Crippen molar-refractivity contribution in [1.29, 1.82) is 0 Å². The number of sulfone groups is 1. The molecule has 1 aliphatic heterocycles. The van der Waals surface area contributed by atoms with Gasteiger partial charge < -0.3 is 34.4 Å². The van der Waals surface area contributed by atoms with Crippen molar-refractivity contribution in [2.75, 3.05) is 34.4 Å². The highest BCUT2D eigenvalue weighted by Crippen LogP contribution is 2.37. The average Bonchev–Trinajstić information content (AvgIpc) is 3.13. The van der Waals surface area contributed by atoms with E-state index in [1.807, 2.05) is 24.3 Å². The molecule has 0 radical (unpaired) electrons. The van der Waals surface area contributed by atoms with Crippen molar-refractivity contribution in [3.63, 3.8) is 0 Å². The minimum Gasteiger partial charge on any atom is -0.399 e. The molecule has 0 fully saturated rings. The van der Waals surface area contributed by atoms with Crippen molar-refractivity contribution >= 4 is 75.6 Å². The molecule has 0 aliphatic carbocycles. The minimum absolute atomic E-state index is 0.0558. The van der Waals surface area contributed by atoms with Crippen LogP contribution in [-0.2, 0) is 36.5 Å². The number of hydrogen-bond donors (Lipinski definition) is 8. The lowest BCUT2D eigenvalue weighted by Crippen LogP contribution is -2.15. The van der Waals surface area contributed by atoms with Gasteiger partial charge in [0.15, 0.2) is 0 Å². The molecule has 0 saturated heterocycles. The van der Waals surface area contributed by atoms with Crippen molar-refractivity contribution < 1.29 is 34.4 Å². The zero-order valence-corrected chi connectivity index (χ0v) is 31.6. The van der Waals surface area contributed by atoms with Gasteiger partial charge in [-0.15, -0.1) is 0 Å². The number of hydrogen-bond acceptors (Lipinski definition) is 14. The summed E-state index contributed by atoms with van der Waals surface area (Å²) in [6.45, 7) is 0. The van der Waals surface area contributed by atoms with Gasteiger partial charge in [-0.1, -0.05) is 24.3 Å². The fourth-order valence-electron chi connectivity index (χ4n) is 5.41. The zero-order valence-electron chi connectivity index (χ0n) is 29.2. The molecule has 290 valence electrons. The van der Waals surface area contributed by atoms with Crippen LogP contribution in [0, 0.1) is 0 Å². The van der Waals surface area contributed by atoms with Gasteiger partial charge in [-0.2, -0.15) is 27.1 Å². The third-order valence-electron chi connectivity index (χ3n) is 8.07. The Morgan fingerprint density at radius 2 is 0.750 bits per heavy atom. The molecule has 1 heterocycles. The van der Waals surface area contributed by atoms with Gasteiger partial charge in [-0.25, -0.2) is 8.42 Å². The van der Waals surface area contributed by atoms with Crippen LogP contribution in [0.5, 0.6) is 0 Å². The lowest BCUT2D eigenvalue weighted by molar-refractivity contribution is 0.480. The van der Waals surface area contributed by atoms with Crippen LogP contribution in [0.2, 0.25) is 0 Å². The summed E-state index contributed by atoms with van der Waals surface area (Å²) in [5.74, 6) is 0. The van der Waals surface area contributed by atoms with E-state index in [0.29, 0.717) is 39.0 Å². The monoisotopic (exact) mass is 816 g/mol. The van der Waals surface area contributed by atoms with Crippen LogP contribution < -0.4 is 34.4 Å². The lowest BCUT2D eigenvalue weighted by atomic mass is 10.0. The Balaban J connectivity index is 0.000000163. The molecule has 16 nitrogen and oxygen atoms in total. The Hall–Kier alpha value is -6.51. The van der Waals surface area contributed by atoms with Crippen LogP contribution in [0.4, 0.5) is 45.5 Å². The molecular weight excluding hydrogens is 781 g/mol. The van der Waals surface area contributed by atoms with Crippen molar-refractivity contribution in [2.24, 2.45) is 10.2 Å². The van der Waals surface area contributed by atoms with E-state index in [2.05, 4.69) is 10.2 Å². The van der Waals surface area contributed by atoms with E-state index in [0.717, 1.165) is 34.6 Å². The first-order chi connectivity index (χ1) is 26.2. The highest BCUT2D eigenvalue weighted by Gasteiger charge is 2.29. The summed E-state index contributed by atoms with van der Waals surface area (Å²) in [6, 6.07) is 31.5. The largest absolute Gasteiger partial charge is 0.399 e. The number of nitrogens with zero attached hydrogens (tertiary/aromatic N) is 2. The normalized spacial score (nSPS) is 13.0. The van der Waals surface area contributed by atoms with Crippen molar-refractivity contribution in [1.82, 2.24) is 0 Å². The molecule has 0 unspecified atom stereocenters. The molecule has 0 bridgehead atoms. The zero-order chi connectivity index (χ0) is 41.0. The van der Waals surface area contributed by atoms with Gasteiger partial charge in [0.1, 0.15) is 9.79 Å². The van der Waals surface area contributed by atoms with Gasteiger partial charge in [-0.3, -0.25) is 9.11 Å². The van der Waals surface area contributed by atoms with E-state index in [9.17, 15) is 34.4 Å². The van der Waals surface area contributed by atoms with E-state index >= 15 is 0 Å². The number of azo groups is 1. The van der Waals surface area contributed by atoms with Gasteiger partial charge in [0, 0.05) is 51.7 Å². The first kappa shape index (κ1) is 40.7. The van der Waals surface area contributed by atoms with E-state index in [4.69, 9.17) is 34.4 Å². The van der Waals surface area contributed by atoms with Crippen LogP contribution in [-0.4, -0.2) is 34.4 Å². The Kier molecular flexibility index (Phi) is 11.7. The Morgan fingerprint density at radius 1 is 0.446 bits per heavy atom. The highest BCUT2D eigenvalue weighted by molar-refractivity contribution is 7.91.